The lowest BCUT2D eigenvalue weighted by Gasteiger charge is -2.09. The molecule has 5 nitrogen and oxygen atoms in total. The van der Waals surface area contributed by atoms with E-state index in [1.165, 1.54) is 24.3 Å². The maximum absolute atomic E-state index is 13.7. The van der Waals surface area contributed by atoms with Crippen LogP contribution in [-0.2, 0) is 0 Å². The highest BCUT2D eigenvalue weighted by molar-refractivity contribution is 6.04. The summed E-state index contributed by atoms with van der Waals surface area (Å²) in [5, 5.41) is 11.2. The van der Waals surface area contributed by atoms with E-state index in [2.05, 4.69) is 5.32 Å². The molecular formula is C16H13F2NO4. The van der Waals surface area contributed by atoms with Gasteiger partial charge in [-0.05, 0) is 43.3 Å². The average molecular weight is 321 g/mol. The molecule has 0 saturated heterocycles. The molecule has 0 aliphatic heterocycles. The first-order valence-electron chi connectivity index (χ1n) is 6.69. The Bertz CT molecular complexity index is 721. The molecular weight excluding hydrogens is 308 g/mol. The number of carboxylic acid groups (broad SMARTS) is 1. The summed E-state index contributed by atoms with van der Waals surface area (Å²) in [6.07, 6.45) is 0. The fourth-order valence-corrected chi connectivity index (χ4v) is 1.87. The molecule has 0 spiro atoms. The number of carbonyl (C=O) groups is 2. The third kappa shape index (κ3) is 3.82. The van der Waals surface area contributed by atoms with E-state index in [9.17, 15) is 18.4 Å². The number of aromatic carboxylic acids is 1. The second-order valence-electron chi connectivity index (χ2n) is 4.54. The first kappa shape index (κ1) is 16.4. The van der Waals surface area contributed by atoms with Crippen molar-refractivity contribution >= 4 is 17.6 Å². The molecule has 0 aliphatic rings. The molecule has 1 amide bonds. The van der Waals surface area contributed by atoms with Crippen LogP contribution in [0.25, 0.3) is 0 Å². The van der Waals surface area contributed by atoms with Crippen molar-refractivity contribution in [3.05, 3.63) is 59.2 Å². The lowest BCUT2D eigenvalue weighted by atomic mass is 10.1. The van der Waals surface area contributed by atoms with Crippen LogP contribution in [0.1, 0.15) is 27.6 Å². The van der Waals surface area contributed by atoms with Crippen molar-refractivity contribution in [1.29, 1.82) is 0 Å². The van der Waals surface area contributed by atoms with Gasteiger partial charge in [0.05, 0.1) is 12.2 Å². The van der Waals surface area contributed by atoms with E-state index in [-0.39, 0.29) is 17.7 Å². The molecule has 2 rings (SSSR count). The Morgan fingerprint density at radius 1 is 1.09 bits per heavy atom. The van der Waals surface area contributed by atoms with Crippen LogP contribution in [0.15, 0.2) is 36.4 Å². The third-order valence-corrected chi connectivity index (χ3v) is 2.94. The number of anilines is 1. The van der Waals surface area contributed by atoms with Gasteiger partial charge in [-0.25, -0.2) is 13.6 Å². The smallest absolute Gasteiger partial charge is 0.335 e. The van der Waals surface area contributed by atoms with E-state index in [1.807, 2.05) is 0 Å². The van der Waals surface area contributed by atoms with Crippen LogP contribution in [0.4, 0.5) is 14.5 Å². The summed E-state index contributed by atoms with van der Waals surface area (Å²) in [6, 6.07) is 7.10. The quantitative estimate of drug-likeness (QED) is 0.886. The number of amides is 1. The number of rotatable bonds is 5. The maximum atomic E-state index is 13.7. The largest absolute Gasteiger partial charge is 0.488 e. The van der Waals surface area contributed by atoms with Gasteiger partial charge >= 0.3 is 5.97 Å². The van der Waals surface area contributed by atoms with Crippen LogP contribution < -0.4 is 10.1 Å². The van der Waals surface area contributed by atoms with Crippen molar-refractivity contribution in [1.82, 2.24) is 0 Å². The van der Waals surface area contributed by atoms with Gasteiger partial charge < -0.3 is 15.2 Å². The molecule has 0 heterocycles. The molecule has 0 fully saturated rings. The Morgan fingerprint density at radius 2 is 1.65 bits per heavy atom. The molecule has 0 bridgehead atoms. The molecule has 2 aromatic rings. The van der Waals surface area contributed by atoms with E-state index < -0.39 is 29.3 Å². The van der Waals surface area contributed by atoms with Gasteiger partial charge in [0.15, 0.2) is 17.4 Å². The van der Waals surface area contributed by atoms with Crippen LogP contribution in [0, 0.1) is 11.6 Å². The molecule has 0 radical (unpaired) electrons. The van der Waals surface area contributed by atoms with Gasteiger partial charge in [-0.1, -0.05) is 0 Å². The molecule has 2 aromatic carbocycles. The zero-order valence-electron chi connectivity index (χ0n) is 12.1. The molecule has 7 heteroatoms. The fourth-order valence-electron chi connectivity index (χ4n) is 1.87. The SMILES string of the molecule is CCOc1c(F)cc(C(=O)Nc2ccc(C(=O)O)cc2)cc1F. The summed E-state index contributed by atoms with van der Waals surface area (Å²) in [7, 11) is 0. The highest BCUT2D eigenvalue weighted by atomic mass is 19.1. The molecule has 0 unspecified atom stereocenters. The number of nitrogens with one attached hydrogen (secondary N) is 1. The van der Waals surface area contributed by atoms with Gasteiger partial charge in [-0.3, -0.25) is 4.79 Å². The number of hydrogen-bond acceptors (Lipinski definition) is 3. The van der Waals surface area contributed by atoms with Gasteiger partial charge in [0.25, 0.3) is 5.91 Å². The van der Waals surface area contributed by atoms with Gasteiger partial charge in [-0.15, -0.1) is 0 Å². The van der Waals surface area contributed by atoms with Crippen molar-refractivity contribution in [2.24, 2.45) is 0 Å². The second-order valence-corrected chi connectivity index (χ2v) is 4.54. The Morgan fingerprint density at radius 3 is 2.13 bits per heavy atom. The van der Waals surface area contributed by atoms with Crippen molar-refractivity contribution in [2.75, 3.05) is 11.9 Å². The lowest BCUT2D eigenvalue weighted by molar-refractivity contribution is 0.0696. The van der Waals surface area contributed by atoms with Crippen molar-refractivity contribution in [3.8, 4) is 5.75 Å². The zero-order chi connectivity index (χ0) is 17.0. The van der Waals surface area contributed by atoms with Gasteiger partial charge in [-0.2, -0.15) is 0 Å². The molecule has 0 atom stereocenters. The lowest BCUT2D eigenvalue weighted by Crippen LogP contribution is -2.13. The summed E-state index contributed by atoms with van der Waals surface area (Å²) in [6.45, 7) is 1.68. The number of hydrogen-bond donors (Lipinski definition) is 2. The minimum Gasteiger partial charge on any atom is -0.488 e. The van der Waals surface area contributed by atoms with Gasteiger partial charge in [0.2, 0.25) is 0 Å². The molecule has 0 aliphatic carbocycles. The Kier molecular flexibility index (Phi) is 4.90. The number of ether oxygens (including phenoxy) is 1. The minimum absolute atomic E-state index is 0.0566. The highest BCUT2D eigenvalue weighted by Gasteiger charge is 2.16. The highest BCUT2D eigenvalue weighted by Crippen LogP contribution is 2.24. The third-order valence-electron chi connectivity index (χ3n) is 2.94. The van der Waals surface area contributed by atoms with Crippen molar-refractivity contribution in [3.63, 3.8) is 0 Å². The van der Waals surface area contributed by atoms with Crippen LogP contribution in [-0.4, -0.2) is 23.6 Å². The van der Waals surface area contributed by atoms with Crippen LogP contribution in [0.2, 0.25) is 0 Å². The van der Waals surface area contributed by atoms with Crippen LogP contribution in [0.3, 0.4) is 0 Å². The van der Waals surface area contributed by atoms with E-state index >= 15 is 0 Å². The predicted octanol–water partition coefficient (Wildman–Crippen LogP) is 3.31. The molecule has 0 saturated carbocycles. The predicted molar refractivity (Wildman–Crippen MR) is 78.9 cm³/mol. The monoisotopic (exact) mass is 321 g/mol. The number of halogens is 2. The Balaban J connectivity index is 2.19. The molecule has 23 heavy (non-hydrogen) atoms. The van der Waals surface area contributed by atoms with E-state index in [4.69, 9.17) is 9.84 Å². The summed E-state index contributed by atoms with van der Waals surface area (Å²) >= 11 is 0. The molecule has 2 N–H and O–H groups in total. The first-order chi connectivity index (χ1) is 10.9. The topological polar surface area (TPSA) is 75.6 Å². The number of carboxylic acids is 1. The normalized spacial score (nSPS) is 10.2. The Labute approximate surface area is 130 Å². The standard InChI is InChI=1S/C16H13F2NO4/c1-2-23-14-12(17)7-10(8-13(14)18)15(20)19-11-5-3-9(4-6-11)16(21)22/h3-8H,2H2,1H3,(H,19,20)(H,21,22). The summed E-state index contributed by atoms with van der Waals surface area (Å²) < 4.78 is 32.3. The summed E-state index contributed by atoms with van der Waals surface area (Å²) in [5.41, 5.74) is 0.140. The van der Waals surface area contributed by atoms with Crippen molar-refractivity contribution < 1.29 is 28.2 Å². The van der Waals surface area contributed by atoms with E-state index in [0.717, 1.165) is 12.1 Å². The Hall–Kier alpha value is -2.96. The molecule has 0 aromatic heterocycles. The van der Waals surface area contributed by atoms with Crippen molar-refractivity contribution in [2.45, 2.75) is 6.92 Å². The van der Waals surface area contributed by atoms with E-state index in [0.29, 0.717) is 5.69 Å². The van der Waals surface area contributed by atoms with Gasteiger partial charge in [0, 0.05) is 11.3 Å². The zero-order valence-corrected chi connectivity index (χ0v) is 12.1. The maximum Gasteiger partial charge on any atom is 0.335 e. The average Bonchev–Trinajstić information content (AvgIpc) is 2.51. The minimum atomic E-state index is -1.10. The second kappa shape index (κ2) is 6.87. The fraction of sp³-hybridized carbons (Fsp3) is 0.125. The van der Waals surface area contributed by atoms with Crippen LogP contribution in [0.5, 0.6) is 5.75 Å². The van der Waals surface area contributed by atoms with Crippen LogP contribution >= 0.6 is 0 Å². The summed E-state index contributed by atoms with van der Waals surface area (Å²) in [4.78, 5) is 22.7. The summed E-state index contributed by atoms with van der Waals surface area (Å²) in [5.74, 6) is -4.31. The number of carbonyl (C=O) groups excluding carboxylic acids is 1. The number of benzene rings is 2. The first-order valence-corrected chi connectivity index (χ1v) is 6.69. The van der Waals surface area contributed by atoms with Gasteiger partial charge in [0.1, 0.15) is 0 Å². The van der Waals surface area contributed by atoms with E-state index in [1.54, 1.807) is 6.92 Å². The molecule has 120 valence electrons.